The normalized spacial score (nSPS) is 12.1. The number of methoxy groups -OCH3 is 1. The lowest BCUT2D eigenvalue weighted by Gasteiger charge is -2.33. The molecule has 0 aliphatic heterocycles. The van der Waals surface area contributed by atoms with Crippen LogP contribution >= 0.6 is 0 Å². The maximum Gasteiger partial charge on any atom is 0.294 e. The molecule has 2 amide bonds. The molecule has 0 fully saturated rings. The predicted molar refractivity (Wildman–Crippen MR) is 116 cm³/mol. The molecule has 2 aromatic carbocycles. The molecule has 3 aromatic rings. The highest BCUT2D eigenvalue weighted by atomic mass is 16.5. The summed E-state index contributed by atoms with van der Waals surface area (Å²) in [5.41, 5.74) is 0.772. The first-order valence-electron chi connectivity index (χ1n) is 9.68. The Balaban J connectivity index is 2.14. The van der Waals surface area contributed by atoms with Gasteiger partial charge in [-0.3, -0.25) is 14.5 Å². The minimum absolute atomic E-state index is 0.148. The third-order valence-corrected chi connectivity index (χ3v) is 4.42. The van der Waals surface area contributed by atoms with Gasteiger partial charge in [-0.15, -0.1) is 0 Å². The van der Waals surface area contributed by atoms with Crippen molar-refractivity contribution in [3.63, 3.8) is 0 Å². The average Bonchev–Trinajstić information content (AvgIpc) is 3.26. The highest BCUT2D eigenvalue weighted by molar-refractivity contribution is 6.08. The van der Waals surface area contributed by atoms with Crippen LogP contribution in [0.15, 0.2) is 77.4 Å². The quantitative estimate of drug-likeness (QED) is 0.650. The Morgan fingerprint density at radius 2 is 1.63 bits per heavy atom. The average molecular weight is 406 g/mol. The van der Waals surface area contributed by atoms with Gasteiger partial charge in [-0.1, -0.05) is 30.3 Å². The number of nitrogens with one attached hydrogen (secondary N) is 1. The van der Waals surface area contributed by atoms with E-state index in [2.05, 4.69) is 5.32 Å². The molecule has 0 bridgehead atoms. The molecule has 0 radical (unpaired) electrons. The molecule has 0 spiro atoms. The van der Waals surface area contributed by atoms with Gasteiger partial charge in [-0.05, 0) is 62.7 Å². The number of hydrogen-bond acceptors (Lipinski definition) is 4. The molecule has 1 aromatic heterocycles. The van der Waals surface area contributed by atoms with Gasteiger partial charge >= 0.3 is 0 Å². The lowest BCUT2D eigenvalue weighted by atomic mass is 10.0. The molecular weight excluding hydrogens is 380 g/mol. The van der Waals surface area contributed by atoms with E-state index in [1.807, 2.05) is 51.1 Å². The number of ether oxygens (including phenoxy) is 1. The van der Waals surface area contributed by atoms with E-state index in [1.165, 1.54) is 11.2 Å². The summed E-state index contributed by atoms with van der Waals surface area (Å²) in [7, 11) is 1.57. The first-order chi connectivity index (χ1) is 14.3. The zero-order valence-corrected chi connectivity index (χ0v) is 17.6. The summed E-state index contributed by atoms with van der Waals surface area (Å²) in [6, 6.07) is 18.6. The molecule has 6 heteroatoms. The first-order valence-corrected chi connectivity index (χ1v) is 9.68. The van der Waals surface area contributed by atoms with E-state index < -0.39 is 17.5 Å². The van der Waals surface area contributed by atoms with Crippen molar-refractivity contribution in [3.8, 4) is 5.75 Å². The van der Waals surface area contributed by atoms with Crippen molar-refractivity contribution in [1.82, 2.24) is 5.32 Å². The Hall–Kier alpha value is -3.54. The summed E-state index contributed by atoms with van der Waals surface area (Å²) >= 11 is 0. The molecule has 3 rings (SSSR count). The molecule has 30 heavy (non-hydrogen) atoms. The van der Waals surface area contributed by atoms with Gasteiger partial charge in [-0.25, -0.2) is 0 Å². The second-order valence-electron chi connectivity index (χ2n) is 7.90. The molecule has 1 N–H and O–H groups in total. The Bertz CT molecular complexity index is 974. The number of anilines is 1. The minimum Gasteiger partial charge on any atom is -0.497 e. The minimum atomic E-state index is -0.892. The zero-order valence-electron chi connectivity index (χ0n) is 17.6. The van der Waals surface area contributed by atoms with Crippen LogP contribution in [0.1, 0.15) is 42.9 Å². The lowest BCUT2D eigenvalue weighted by molar-refractivity contribution is -0.123. The van der Waals surface area contributed by atoms with E-state index in [0.29, 0.717) is 17.0 Å². The van der Waals surface area contributed by atoms with E-state index in [1.54, 1.807) is 43.5 Å². The molecule has 0 aliphatic carbocycles. The third kappa shape index (κ3) is 4.89. The van der Waals surface area contributed by atoms with Crippen LogP contribution in [0.25, 0.3) is 0 Å². The standard InChI is InChI=1S/C24H26N2O4/c1-24(2,3)25-22(27)21(17-9-6-5-7-10-17)26(23(28)20-11-8-16-30-20)18-12-14-19(29-4)15-13-18/h5-16,21H,1-4H3,(H,25,27)/t21-/m0/s1. The number of rotatable bonds is 6. The number of hydrogen-bond donors (Lipinski definition) is 1. The fraction of sp³-hybridized carbons (Fsp3) is 0.250. The van der Waals surface area contributed by atoms with Crippen LogP contribution in [0.3, 0.4) is 0 Å². The third-order valence-electron chi connectivity index (χ3n) is 4.42. The monoisotopic (exact) mass is 406 g/mol. The number of furan rings is 1. The molecule has 0 saturated carbocycles. The maximum atomic E-state index is 13.5. The van der Waals surface area contributed by atoms with Gasteiger partial charge < -0.3 is 14.5 Å². The highest BCUT2D eigenvalue weighted by Gasteiger charge is 2.35. The van der Waals surface area contributed by atoms with Gasteiger partial charge in [0, 0.05) is 11.2 Å². The second-order valence-corrected chi connectivity index (χ2v) is 7.90. The van der Waals surface area contributed by atoms with Crippen molar-refractivity contribution in [2.24, 2.45) is 0 Å². The Morgan fingerprint density at radius 1 is 0.967 bits per heavy atom. The van der Waals surface area contributed by atoms with Crippen LogP contribution in [0.4, 0.5) is 5.69 Å². The van der Waals surface area contributed by atoms with Crippen molar-refractivity contribution >= 4 is 17.5 Å². The smallest absolute Gasteiger partial charge is 0.294 e. The van der Waals surface area contributed by atoms with Crippen LogP contribution in [0, 0.1) is 0 Å². The fourth-order valence-electron chi connectivity index (χ4n) is 3.14. The van der Waals surface area contributed by atoms with Crippen LogP contribution in [0.2, 0.25) is 0 Å². The van der Waals surface area contributed by atoms with E-state index >= 15 is 0 Å². The van der Waals surface area contributed by atoms with Crippen LogP contribution < -0.4 is 15.0 Å². The number of carbonyl (C=O) groups excluding carboxylic acids is 2. The van der Waals surface area contributed by atoms with E-state index in [-0.39, 0.29) is 11.7 Å². The van der Waals surface area contributed by atoms with Gasteiger partial charge in [-0.2, -0.15) is 0 Å². The Morgan fingerprint density at radius 3 is 2.17 bits per heavy atom. The summed E-state index contributed by atoms with van der Waals surface area (Å²) < 4.78 is 10.6. The SMILES string of the molecule is COc1ccc(N(C(=O)c2ccco2)[C@H](C(=O)NC(C)(C)C)c2ccccc2)cc1. The van der Waals surface area contributed by atoms with Crippen molar-refractivity contribution < 1.29 is 18.7 Å². The summed E-state index contributed by atoms with van der Waals surface area (Å²) in [5.74, 6) is 0.0994. The summed E-state index contributed by atoms with van der Waals surface area (Å²) in [5, 5.41) is 3.00. The summed E-state index contributed by atoms with van der Waals surface area (Å²) in [6.45, 7) is 5.71. The molecule has 0 unspecified atom stereocenters. The van der Waals surface area contributed by atoms with Crippen LogP contribution in [0.5, 0.6) is 5.75 Å². The van der Waals surface area contributed by atoms with Crippen LogP contribution in [-0.2, 0) is 4.79 Å². The van der Waals surface area contributed by atoms with Crippen molar-refractivity contribution in [1.29, 1.82) is 0 Å². The number of nitrogens with zero attached hydrogens (tertiary/aromatic N) is 1. The van der Waals surface area contributed by atoms with E-state index in [0.717, 1.165) is 0 Å². The van der Waals surface area contributed by atoms with Gasteiger partial charge in [0.1, 0.15) is 11.8 Å². The predicted octanol–water partition coefficient (Wildman–Crippen LogP) is 4.59. The van der Waals surface area contributed by atoms with Crippen molar-refractivity contribution in [3.05, 3.63) is 84.3 Å². The molecule has 6 nitrogen and oxygen atoms in total. The number of carbonyl (C=O) groups is 2. The van der Waals surface area contributed by atoms with Gasteiger partial charge in [0.25, 0.3) is 5.91 Å². The van der Waals surface area contributed by atoms with E-state index in [4.69, 9.17) is 9.15 Å². The summed E-state index contributed by atoms with van der Waals surface area (Å²) in [4.78, 5) is 28.3. The molecule has 1 heterocycles. The van der Waals surface area contributed by atoms with Gasteiger partial charge in [0.15, 0.2) is 5.76 Å². The number of benzene rings is 2. The van der Waals surface area contributed by atoms with Crippen molar-refractivity contribution in [2.45, 2.75) is 32.4 Å². The molecule has 0 aliphatic rings. The Labute approximate surface area is 176 Å². The Kier molecular flexibility index (Phi) is 6.26. The maximum absolute atomic E-state index is 13.5. The lowest BCUT2D eigenvalue weighted by Crippen LogP contribution is -2.49. The first kappa shape index (κ1) is 21.2. The summed E-state index contributed by atoms with van der Waals surface area (Å²) in [6.07, 6.45) is 1.44. The fourth-order valence-corrected chi connectivity index (χ4v) is 3.14. The topological polar surface area (TPSA) is 71.8 Å². The van der Waals surface area contributed by atoms with Gasteiger partial charge in [0.05, 0.1) is 13.4 Å². The van der Waals surface area contributed by atoms with E-state index in [9.17, 15) is 9.59 Å². The molecular formula is C24H26N2O4. The van der Waals surface area contributed by atoms with Crippen LogP contribution in [-0.4, -0.2) is 24.5 Å². The van der Waals surface area contributed by atoms with Crippen molar-refractivity contribution in [2.75, 3.05) is 12.0 Å². The highest BCUT2D eigenvalue weighted by Crippen LogP contribution is 2.31. The largest absolute Gasteiger partial charge is 0.497 e. The zero-order chi connectivity index (χ0) is 21.7. The molecule has 0 saturated heterocycles. The molecule has 1 atom stereocenters. The second kappa shape index (κ2) is 8.86. The van der Waals surface area contributed by atoms with Gasteiger partial charge in [0.2, 0.25) is 5.91 Å². The molecule has 156 valence electrons. The number of amides is 2.